The van der Waals surface area contributed by atoms with Gasteiger partial charge in [-0.25, -0.2) is 9.98 Å². The van der Waals surface area contributed by atoms with Gasteiger partial charge in [-0.05, 0) is 37.2 Å². The normalized spacial score (nSPS) is 19.1. The lowest BCUT2D eigenvalue weighted by Gasteiger charge is -2.26. The van der Waals surface area contributed by atoms with E-state index in [-0.39, 0.29) is 0 Å². The first-order valence-electron chi connectivity index (χ1n) is 10.4. The first-order chi connectivity index (χ1) is 13.3. The zero-order valence-corrected chi connectivity index (χ0v) is 16.4. The van der Waals surface area contributed by atoms with Crippen molar-refractivity contribution in [3.63, 3.8) is 0 Å². The average Bonchev–Trinajstić information content (AvgIpc) is 3.43. The van der Waals surface area contributed by atoms with Gasteiger partial charge in [0.25, 0.3) is 0 Å². The van der Waals surface area contributed by atoms with Crippen LogP contribution in [-0.4, -0.2) is 40.0 Å². The molecule has 1 spiro atoms. The topological polar surface area (TPSA) is 45.5 Å². The molecule has 27 heavy (non-hydrogen) atoms. The quantitative estimate of drug-likeness (QED) is 0.650. The van der Waals surface area contributed by atoms with Crippen LogP contribution in [-0.2, 0) is 13.1 Å². The molecule has 1 aromatic carbocycles. The van der Waals surface area contributed by atoms with Crippen molar-refractivity contribution >= 4 is 5.96 Å². The van der Waals surface area contributed by atoms with E-state index in [1.807, 2.05) is 12.4 Å². The number of nitrogens with zero attached hydrogens (tertiary/aromatic N) is 4. The molecule has 2 fully saturated rings. The highest BCUT2D eigenvalue weighted by Crippen LogP contribution is 2.45. The predicted molar refractivity (Wildman–Crippen MR) is 110 cm³/mol. The Kier molecular flexibility index (Phi) is 5.46. The third kappa shape index (κ3) is 4.18. The van der Waals surface area contributed by atoms with E-state index < -0.39 is 0 Å². The van der Waals surface area contributed by atoms with E-state index >= 15 is 0 Å². The van der Waals surface area contributed by atoms with Crippen LogP contribution >= 0.6 is 0 Å². The number of benzene rings is 1. The van der Waals surface area contributed by atoms with Crippen molar-refractivity contribution in [3.05, 3.63) is 54.1 Å². The first-order valence-corrected chi connectivity index (χ1v) is 10.4. The summed E-state index contributed by atoms with van der Waals surface area (Å²) < 4.78 is 2.20. The van der Waals surface area contributed by atoms with Crippen molar-refractivity contribution in [3.8, 4) is 0 Å². The molecule has 5 nitrogen and oxygen atoms in total. The zero-order valence-electron chi connectivity index (χ0n) is 16.4. The molecule has 4 rings (SSSR count). The summed E-state index contributed by atoms with van der Waals surface area (Å²) in [5.41, 5.74) is 1.84. The maximum Gasteiger partial charge on any atom is 0.194 e. The Hall–Kier alpha value is -2.30. The lowest BCUT2D eigenvalue weighted by atomic mass is 9.86. The van der Waals surface area contributed by atoms with Gasteiger partial charge in [-0.1, -0.05) is 43.2 Å². The highest BCUT2D eigenvalue weighted by atomic mass is 15.3. The molecule has 0 amide bonds. The standard InChI is InChI=1S/C22H31N5/c1-2-23-21(27-14-12-22(18-27)10-6-7-11-22)25-16-20-24-13-15-26(20)17-19-8-4-3-5-9-19/h3-5,8-9,13,15H,2,6-7,10-12,14,16-18H2,1H3,(H,23,25). The summed E-state index contributed by atoms with van der Waals surface area (Å²) >= 11 is 0. The number of guanidine groups is 1. The van der Waals surface area contributed by atoms with Crippen LogP contribution in [0.5, 0.6) is 0 Å². The summed E-state index contributed by atoms with van der Waals surface area (Å²) in [5.74, 6) is 2.07. The van der Waals surface area contributed by atoms with E-state index in [2.05, 4.69) is 57.0 Å². The third-order valence-electron chi connectivity index (χ3n) is 6.10. The number of likely N-dealkylation sites (tertiary alicyclic amines) is 1. The monoisotopic (exact) mass is 365 g/mol. The minimum Gasteiger partial charge on any atom is -0.357 e. The van der Waals surface area contributed by atoms with E-state index in [0.717, 1.165) is 38.0 Å². The Morgan fingerprint density at radius 2 is 2.00 bits per heavy atom. The van der Waals surface area contributed by atoms with Gasteiger partial charge >= 0.3 is 0 Å². The Bertz CT molecular complexity index is 758. The summed E-state index contributed by atoms with van der Waals surface area (Å²) in [4.78, 5) is 12.0. The third-order valence-corrected chi connectivity index (χ3v) is 6.10. The van der Waals surface area contributed by atoms with Gasteiger partial charge in [0.2, 0.25) is 0 Å². The fourth-order valence-corrected chi connectivity index (χ4v) is 4.64. The highest BCUT2D eigenvalue weighted by molar-refractivity contribution is 5.80. The molecule has 0 radical (unpaired) electrons. The summed E-state index contributed by atoms with van der Waals surface area (Å²) in [5, 5.41) is 3.50. The van der Waals surface area contributed by atoms with Crippen molar-refractivity contribution in [2.45, 2.75) is 52.1 Å². The van der Waals surface area contributed by atoms with Gasteiger partial charge in [-0.3, -0.25) is 0 Å². The molecule has 0 bridgehead atoms. The minimum absolute atomic E-state index is 0.558. The molecule has 1 aromatic heterocycles. The van der Waals surface area contributed by atoms with Crippen molar-refractivity contribution in [2.75, 3.05) is 19.6 Å². The molecule has 0 atom stereocenters. The second-order valence-corrected chi connectivity index (χ2v) is 8.01. The van der Waals surface area contributed by atoms with E-state index in [9.17, 15) is 0 Å². The number of hydrogen-bond acceptors (Lipinski definition) is 2. The number of rotatable bonds is 5. The summed E-state index contributed by atoms with van der Waals surface area (Å²) in [6.07, 6.45) is 10.8. The molecular weight excluding hydrogens is 334 g/mol. The lowest BCUT2D eigenvalue weighted by Crippen LogP contribution is -2.41. The smallest absolute Gasteiger partial charge is 0.194 e. The molecular formula is C22H31N5. The van der Waals surface area contributed by atoms with Crippen LogP contribution in [0.1, 0.15) is 50.4 Å². The molecule has 1 saturated carbocycles. The highest BCUT2D eigenvalue weighted by Gasteiger charge is 2.41. The number of nitrogens with one attached hydrogen (secondary N) is 1. The average molecular weight is 366 g/mol. The van der Waals surface area contributed by atoms with Crippen molar-refractivity contribution in [1.29, 1.82) is 0 Å². The van der Waals surface area contributed by atoms with Crippen LogP contribution in [0, 0.1) is 5.41 Å². The Labute approximate surface area is 162 Å². The van der Waals surface area contributed by atoms with Gasteiger partial charge in [-0.2, -0.15) is 0 Å². The SMILES string of the molecule is CCNC(=NCc1nccn1Cc1ccccc1)N1CCC2(CCCC2)C1. The second kappa shape index (κ2) is 8.15. The largest absolute Gasteiger partial charge is 0.357 e. The summed E-state index contributed by atoms with van der Waals surface area (Å²) in [6, 6.07) is 10.5. The van der Waals surface area contributed by atoms with Crippen LogP contribution in [0.4, 0.5) is 0 Å². The molecule has 1 aliphatic heterocycles. The molecule has 0 unspecified atom stereocenters. The maximum absolute atomic E-state index is 4.94. The Balaban J connectivity index is 1.45. The van der Waals surface area contributed by atoms with Crippen LogP contribution in [0.15, 0.2) is 47.7 Å². The number of aliphatic imine (C=N–C) groups is 1. The van der Waals surface area contributed by atoms with Gasteiger partial charge in [0.15, 0.2) is 5.96 Å². The van der Waals surface area contributed by atoms with E-state index in [1.165, 1.54) is 37.7 Å². The van der Waals surface area contributed by atoms with Crippen molar-refractivity contribution in [1.82, 2.24) is 19.8 Å². The van der Waals surface area contributed by atoms with Gasteiger partial charge in [0, 0.05) is 38.6 Å². The molecule has 2 heterocycles. The fourth-order valence-electron chi connectivity index (χ4n) is 4.64. The number of imidazole rings is 1. The van der Waals surface area contributed by atoms with Crippen LogP contribution in [0.25, 0.3) is 0 Å². The summed E-state index contributed by atoms with van der Waals surface area (Å²) in [7, 11) is 0. The molecule has 1 aliphatic carbocycles. The van der Waals surface area contributed by atoms with E-state index in [1.54, 1.807) is 0 Å². The Morgan fingerprint density at radius 1 is 1.19 bits per heavy atom. The van der Waals surface area contributed by atoms with Crippen molar-refractivity contribution < 1.29 is 0 Å². The van der Waals surface area contributed by atoms with Crippen molar-refractivity contribution in [2.24, 2.45) is 10.4 Å². The van der Waals surface area contributed by atoms with Gasteiger partial charge in [0.05, 0.1) is 0 Å². The summed E-state index contributed by atoms with van der Waals surface area (Å²) in [6.45, 7) is 6.80. The van der Waals surface area contributed by atoms with E-state index in [0.29, 0.717) is 12.0 Å². The van der Waals surface area contributed by atoms with Crippen LogP contribution in [0.3, 0.4) is 0 Å². The fraction of sp³-hybridized carbons (Fsp3) is 0.545. The van der Waals surface area contributed by atoms with Crippen LogP contribution in [0.2, 0.25) is 0 Å². The molecule has 1 saturated heterocycles. The molecule has 5 heteroatoms. The van der Waals surface area contributed by atoms with Gasteiger partial charge in [0.1, 0.15) is 12.4 Å². The maximum atomic E-state index is 4.94. The molecule has 144 valence electrons. The minimum atomic E-state index is 0.558. The van der Waals surface area contributed by atoms with Gasteiger partial charge < -0.3 is 14.8 Å². The molecule has 2 aliphatic rings. The second-order valence-electron chi connectivity index (χ2n) is 8.01. The molecule has 1 N–H and O–H groups in total. The Morgan fingerprint density at radius 3 is 2.78 bits per heavy atom. The molecule has 2 aromatic rings. The lowest BCUT2D eigenvalue weighted by molar-refractivity contribution is 0.309. The van der Waals surface area contributed by atoms with Crippen LogP contribution < -0.4 is 5.32 Å². The first kappa shape index (κ1) is 18.1. The van der Waals surface area contributed by atoms with E-state index in [4.69, 9.17) is 4.99 Å². The van der Waals surface area contributed by atoms with Gasteiger partial charge in [-0.15, -0.1) is 0 Å². The number of hydrogen-bond donors (Lipinski definition) is 1. The predicted octanol–water partition coefficient (Wildman–Crippen LogP) is 3.66. The number of aromatic nitrogens is 2. The zero-order chi connectivity index (χ0) is 18.5.